The summed E-state index contributed by atoms with van der Waals surface area (Å²) in [6.07, 6.45) is 0.141. The van der Waals surface area contributed by atoms with Crippen LogP contribution in [0, 0.1) is 0 Å². The van der Waals surface area contributed by atoms with Crippen molar-refractivity contribution in [1.29, 1.82) is 0 Å². The molecule has 170 valence electrons. The van der Waals surface area contributed by atoms with Crippen LogP contribution in [0.15, 0.2) is 66.7 Å². The van der Waals surface area contributed by atoms with E-state index in [0.717, 1.165) is 16.3 Å². The maximum atomic E-state index is 12.3. The summed E-state index contributed by atoms with van der Waals surface area (Å²) in [5.41, 5.74) is 6.09. The molecule has 3 N–H and O–H groups in total. The second kappa shape index (κ2) is 11.6. The molecule has 3 aromatic carbocycles. The molecule has 0 radical (unpaired) electrons. The second-order valence-corrected chi connectivity index (χ2v) is 7.31. The minimum absolute atomic E-state index is 0.0348. The Balaban J connectivity index is 1.40. The highest BCUT2D eigenvalue weighted by Gasteiger charge is 2.10. The van der Waals surface area contributed by atoms with Crippen LogP contribution in [0.25, 0.3) is 10.8 Å². The number of carbonyl (C=O) groups is 3. The fraction of sp³-hybridized carbons (Fsp3) is 0.167. The Hall–Kier alpha value is -3.98. The predicted molar refractivity (Wildman–Crippen MR) is 128 cm³/mol. The van der Waals surface area contributed by atoms with Crippen LogP contribution in [0.3, 0.4) is 0 Å². The normalized spacial score (nSPS) is 10.2. The summed E-state index contributed by atoms with van der Waals surface area (Å²) in [7, 11) is 0. The summed E-state index contributed by atoms with van der Waals surface area (Å²) in [4.78, 5) is 35.9. The van der Waals surface area contributed by atoms with Crippen LogP contribution < -0.4 is 20.9 Å². The number of hydrogen-bond acceptors (Lipinski definition) is 6. The smallest absolute Gasteiger partial charge is 0.338 e. The SMILES string of the molecule is CCOC(=O)c1ccc(OCC(=O)NNC(=S)NC(=O)Cc2cccc3ccccc23)cc1. The third-order valence-corrected chi connectivity index (χ3v) is 4.74. The number of nitrogens with one attached hydrogen (secondary N) is 3. The first-order chi connectivity index (χ1) is 16.0. The van der Waals surface area contributed by atoms with Crippen molar-refractivity contribution in [3.63, 3.8) is 0 Å². The molecule has 2 amide bonds. The summed E-state index contributed by atoms with van der Waals surface area (Å²) in [6.45, 7) is 1.72. The molecule has 0 spiro atoms. The van der Waals surface area contributed by atoms with E-state index in [1.54, 1.807) is 31.2 Å². The molecule has 0 aliphatic rings. The topological polar surface area (TPSA) is 106 Å². The highest BCUT2D eigenvalue weighted by atomic mass is 32.1. The minimum atomic E-state index is -0.505. The molecule has 3 aromatic rings. The van der Waals surface area contributed by atoms with Gasteiger partial charge in [0.1, 0.15) is 5.75 Å². The minimum Gasteiger partial charge on any atom is -0.484 e. The average Bonchev–Trinajstić information content (AvgIpc) is 2.82. The molecule has 8 nitrogen and oxygen atoms in total. The summed E-state index contributed by atoms with van der Waals surface area (Å²) < 4.78 is 10.3. The van der Waals surface area contributed by atoms with E-state index < -0.39 is 11.9 Å². The standard InChI is InChI=1S/C24H23N3O5S/c1-2-31-23(30)17-10-12-19(13-11-17)32-15-22(29)26-27-24(33)25-21(28)14-18-8-5-7-16-6-3-4-9-20(16)18/h3-13H,2,14-15H2,1H3,(H,26,29)(H2,25,27,28,33). The maximum absolute atomic E-state index is 12.3. The van der Waals surface area contributed by atoms with Crippen LogP contribution in [-0.2, 0) is 20.7 Å². The number of esters is 1. The zero-order chi connectivity index (χ0) is 23.6. The zero-order valence-electron chi connectivity index (χ0n) is 17.9. The second-order valence-electron chi connectivity index (χ2n) is 6.90. The van der Waals surface area contributed by atoms with Gasteiger partial charge in [0.25, 0.3) is 5.91 Å². The van der Waals surface area contributed by atoms with Crippen LogP contribution in [-0.4, -0.2) is 36.1 Å². The zero-order valence-corrected chi connectivity index (χ0v) is 18.7. The molecule has 0 aliphatic heterocycles. The van der Waals surface area contributed by atoms with Gasteiger partial charge in [0.2, 0.25) is 5.91 Å². The number of thiocarbonyl (C=S) groups is 1. The molecule has 0 aliphatic carbocycles. The third-order valence-electron chi connectivity index (χ3n) is 4.53. The van der Waals surface area contributed by atoms with Crippen LogP contribution in [0.2, 0.25) is 0 Å². The predicted octanol–water partition coefficient (Wildman–Crippen LogP) is 2.66. The van der Waals surface area contributed by atoms with Crippen molar-refractivity contribution in [2.75, 3.05) is 13.2 Å². The Kier molecular flexibility index (Phi) is 8.31. The van der Waals surface area contributed by atoms with E-state index in [0.29, 0.717) is 11.3 Å². The number of fused-ring (bicyclic) bond motifs is 1. The van der Waals surface area contributed by atoms with Crippen LogP contribution >= 0.6 is 12.2 Å². The lowest BCUT2D eigenvalue weighted by molar-refractivity contribution is -0.124. The van der Waals surface area contributed by atoms with Gasteiger partial charge in [-0.2, -0.15) is 0 Å². The molecule has 0 aromatic heterocycles. The number of hydrogen-bond donors (Lipinski definition) is 3. The van der Waals surface area contributed by atoms with Gasteiger partial charge in [0.05, 0.1) is 18.6 Å². The number of amides is 2. The van der Waals surface area contributed by atoms with Crippen molar-refractivity contribution < 1.29 is 23.9 Å². The third kappa shape index (κ3) is 7.01. The first kappa shape index (κ1) is 23.7. The molecule has 0 saturated heterocycles. The Morgan fingerprint density at radius 3 is 2.36 bits per heavy atom. The Morgan fingerprint density at radius 1 is 0.879 bits per heavy atom. The molecule has 0 fully saturated rings. The first-order valence-corrected chi connectivity index (χ1v) is 10.6. The largest absolute Gasteiger partial charge is 0.484 e. The van der Waals surface area contributed by atoms with Crippen molar-refractivity contribution in [3.8, 4) is 5.75 Å². The van der Waals surface area contributed by atoms with Crippen molar-refractivity contribution >= 4 is 45.9 Å². The summed E-state index contributed by atoms with van der Waals surface area (Å²) >= 11 is 5.06. The van der Waals surface area contributed by atoms with Gasteiger partial charge in [-0.15, -0.1) is 0 Å². The summed E-state index contributed by atoms with van der Waals surface area (Å²) in [6, 6.07) is 19.8. The van der Waals surface area contributed by atoms with Crippen molar-refractivity contribution in [2.24, 2.45) is 0 Å². The van der Waals surface area contributed by atoms with Crippen LogP contribution in [0.1, 0.15) is 22.8 Å². The Labute approximate surface area is 196 Å². The van der Waals surface area contributed by atoms with Crippen molar-refractivity contribution in [3.05, 3.63) is 77.9 Å². The lowest BCUT2D eigenvalue weighted by Gasteiger charge is -2.12. The number of carbonyl (C=O) groups excluding carboxylic acids is 3. The highest BCUT2D eigenvalue weighted by molar-refractivity contribution is 7.80. The monoisotopic (exact) mass is 465 g/mol. The quantitative estimate of drug-likeness (QED) is 0.280. The number of ether oxygens (including phenoxy) is 2. The molecule has 33 heavy (non-hydrogen) atoms. The molecule has 0 atom stereocenters. The molecular formula is C24H23N3O5S. The number of hydrazine groups is 1. The van der Waals surface area contributed by atoms with E-state index in [-0.39, 0.29) is 30.7 Å². The van der Waals surface area contributed by atoms with E-state index in [4.69, 9.17) is 21.7 Å². The molecule has 9 heteroatoms. The molecular weight excluding hydrogens is 442 g/mol. The molecule has 0 saturated carbocycles. The lowest BCUT2D eigenvalue weighted by atomic mass is 10.0. The van der Waals surface area contributed by atoms with Gasteiger partial charge >= 0.3 is 5.97 Å². The van der Waals surface area contributed by atoms with Gasteiger partial charge < -0.3 is 14.8 Å². The maximum Gasteiger partial charge on any atom is 0.338 e. The van der Waals surface area contributed by atoms with E-state index in [2.05, 4.69) is 16.2 Å². The number of benzene rings is 3. The fourth-order valence-corrected chi connectivity index (χ4v) is 3.20. The van der Waals surface area contributed by atoms with Gasteiger partial charge in [-0.05, 0) is 59.7 Å². The number of rotatable bonds is 7. The molecule has 3 rings (SSSR count). The first-order valence-electron chi connectivity index (χ1n) is 10.2. The lowest BCUT2D eigenvalue weighted by Crippen LogP contribution is -2.49. The van der Waals surface area contributed by atoms with Crippen LogP contribution in [0.5, 0.6) is 5.75 Å². The van der Waals surface area contributed by atoms with Gasteiger partial charge in [-0.3, -0.25) is 20.4 Å². The van der Waals surface area contributed by atoms with E-state index >= 15 is 0 Å². The Bertz CT molecular complexity index is 1160. The average molecular weight is 466 g/mol. The van der Waals surface area contributed by atoms with Crippen molar-refractivity contribution in [2.45, 2.75) is 13.3 Å². The highest BCUT2D eigenvalue weighted by Crippen LogP contribution is 2.18. The Morgan fingerprint density at radius 2 is 1.61 bits per heavy atom. The van der Waals surface area contributed by atoms with E-state index in [9.17, 15) is 14.4 Å². The fourth-order valence-electron chi connectivity index (χ4n) is 3.03. The van der Waals surface area contributed by atoms with Crippen molar-refractivity contribution in [1.82, 2.24) is 16.2 Å². The molecule has 0 bridgehead atoms. The molecule has 0 heterocycles. The van der Waals surface area contributed by atoms with E-state index in [1.807, 2.05) is 42.5 Å². The summed E-state index contributed by atoms with van der Waals surface area (Å²) in [5, 5.41) is 4.54. The van der Waals surface area contributed by atoms with E-state index in [1.165, 1.54) is 0 Å². The van der Waals surface area contributed by atoms with Gasteiger partial charge in [-0.1, -0.05) is 42.5 Å². The van der Waals surface area contributed by atoms with Gasteiger partial charge in [0.15, 0.2) is 11.7 Å². The van der Waals surface area contributed by atoms with Gasteiger partial charge in [-0.25, -0.2) is 4.79 Å². The van der Waals surface area contributed by atoms with Gasteiger partial charge in [0, 0.05) is 0 Å². The summed E-state index contributed by atoms with van der Waals surface area (Å²) in [5.74, 6) is -0.836. The molecule has 0 unspecified atom stereocenters. The van der Waals surface area contributed by atoms with Crippen LogP contribution in [0.4, 0.5) is 0 Å².